The number of ether oxygens (including phenoxy) is 2. The zero-order chi connectivity index (χ0) is 20.7. The smallest absolute Gasteiger partial charge is 0.246 e. The number of hydrogen-bond acceptors (Lipinski definition) is 5. The lowest BCUT2D eigenvalue weighted by Gasteiger charge is -2.34. The van der Waals surface area contributed by atoms with Gasteiger partial charge in [-0.25, -0.2) is 0 Å². The molecule has 154 valence electrons. The van der Waals surface area contributed by atoms with Crippen molar-refractivity contribution in [2.75, 3.05) is 60.5 Å². The van der Waals surface area contributed by atoms with E-state index in [1.54, 1.807) is 49.2 Å². The molecule has 28 heavy (non-hydrogen) atoms. The molecule has 0 aromatic heterocycles. The van der Waals surface area contributed by atoms with Crippen molar-refractivity contribution in [1.29, 1.82) is 0 Å². The van der Waals surface area contributed by atoms with Crippen LogP contribution in [0.15, 0.2) is 18.2 Å². The van der Waals surface area contributed by atoms with Gasteiger partial charge in [0.25, 0.3) is 0 Å². The Morgan fingerprint density at radius 1 is 1.21 bits per heavy atom. The van der Waals surface area contributed by atoms with Crippen molar-refractivity contribution in [3.63, 3.8) is 0 Å². The standard InChI is InChI=1S/C20H28ClN3O4/c1-5-28-20-16(21)12-15(13-17(20)27-4)6-7-18(25)24-10-8-23(9-11-24)14-19(26)22(2)3/h6-7,12-13H,5,8-11,14H2,1-4H3/b7-6+. The predicted octanol–water partition coefficient (Wildman–Crippen LogP) is 1.99. The van der Waals surface area contributed by atoms with Crippen LogP contribution in [0.25, 0.3) is 6.08 Å². The molecule has 1 aromatic rings. The van der Waals surface area contributed by atoms with E-state index in [1.165, 1.54) is 6.08 Å². The number of carbonyl (C=O) groups is 2. The number of nitrogens with zero attached hydrogens (tertiary/aromatic N) is 3. The summed E-state index contributed by atoms with van der Waals surface area (Å²) < 4.78 is 10.8. The van der Waals surface area contributed by atoms with Gasteiger partial charge in [0.15, 0.2) is 11.5 Å². The molecule has 1 aliphatic rings. The van der Waals surface area contributed by atoms with Crippen LogP contribution in [0.5, 0.6) is 11.5 Å². The molecule has 0 radical (unpaired) electrons. The molecular weight excluding hydrogens is 382 g/mol. The average molecular weight is 410 g/mol. The topological polar surface area (TPSA) is 62.3 Å². The summed E-state index contributed by atoms with van der Waals surface area (Å²) in [6.07, 6.45) is 3.25. The first-order valence-electron chi connectivity index (χ1n) is 9.25. The van der Waals surface area contributed by atoms with Crippen LogP contribution in [0.2, 0.25) is 5.02 Å². The minimum Gasteiger partial charge on any atom is -0.493 e. The fraction of sp³-hybridized carbons (Fsp3) is 0.500. The Morgan fingerprint density at radius 2 is 1.89 bits per heavy atom. The number of methoxy groups -OCH3 is 1. The normalized spacial score (nSPS) is 15.0. The van der Waals surface area contributed by atoms with Crippen molar-refractivity contribution in [2.24, 2.45) is 0 Å². The van der Waals surface area contributed by atoms with Gasteiger partial charge in [0.1, 0.15) is 0 Å². The first-order chi connectivity index (χ1) is 13.3. The largest absolute Gasteiger partial charge is 0.493 e. The second kappa shape index (κ2) is 10.3. The molecule has 7 nitrogen and oxygen atoms in total. The third kappa shape index (κ3) is 5.87. The van der Waals surface area contributed by atoms with Crippen molar-refractivity contribution in [3.8, 4) is 11.5 Å². The van der Waals surface area contributed by atoms with Gasteiger partial charge in [-0.3, -0.25) is 14.5 Å². The Balaban J connectivity index is 1.95. The zero-order valence-corrected chi connectivity index (χ0v) is 17.7. The van der Waals surface area contributed by atoms with Crippen LogP contribution in [-0.4, -0.2) is 87.0 Å². The molecule has 8 heteroatoms. The Labute approximate surface area is 171 Å². The molecule has 1 aromatic carbocycles. The lowest BCUT2D eigenvalue weighted by Crippen LogP contribution is -2.50. The fourth-order valence-corrected chi connectivity index (χ4v) is 3.13. The number of amides is 2. The van der Waals surface area contributed by atoms with Gasteiger partial charge in [-0.1, -0.05) is 11.6 Å². The van der Waals surface area contributed by atoms with Gasteiger partial charge in [-0.15, -0.1) is 0 Å². The van der Waals surface area contributed by atoms with E-state index in [4.69, 9.17) is 21.1 Å². The molecule has 0 saturated carbocycles. The minimum atomic E-state index is -0.0671. The van der Waals surface area contributed by atoms with Crippen molar-refractivity contribution in [3.05, 3.63) is 28.8 Å². The Bertz CT molecular complexity index is 728. The predicted molar refractivity (Wildman–Crippen MR) is 110 cm³/mol. The Morgan fingerprint density at radius 3 is 2.46 bits per heavy atom. The number of hydrogen-bond donors (Lipinski definition) is 0. The van der Waals surface area contributed by atoms with Gasteiger partial charge in [0.2, 0.25) is 11.8 Å². The highest BCUT2D eigenvalue weighted by Crippen LogP contribution is 2.36. The van der Waals surface area contributed by atoms with E-state index in [9.17, 15) is 9.59 Å². The zero-order valence-electron chi connectivity index (χ0n) is 16.9. The Hall–Kier alpha value is -2.25. The van der Waals surface area contributed by atoms with Crippen LogP contribution >= 0.6 is 11.6 Å². The van der Waals surface area contributed by atoms with Gasteiger partial charge < -0.3 is 19.3 Å². The first kappa shape index (κ1) is 22.0. The number of benzene rings is 1. The fourth-order valence-electron chi connectivity index (χ4n) is 2.85. The summed E-state index contributed by atoms with van der Waals surface area (Å²) in [4.78, 5) is 29.7. The van der Waals surface area contributed by atoms with Gasteiger partial charge in [-0.2, -0.15) is 0 Å². The van der Waals surface area contributed by atoms with Crippen LogP contribution in [0.3, 0.4) is 0 Å². The summed E-state index contributed by atoms with van der Waals surface area (Å²) >= 11 is 6.27. The maximum absolute atomic E-state index is 12.5. The molecular formula is C20H28ClN3O4. The third-order valence-electron chi connectivity index (χ3n) is 4.50. The highest BCUT2D eigenvalue weighted by atomic mass is 35.5. The SMILES string of the molecule is CCOc1c(Cl)cc(/C=C/C(=O)N2CCN(CC(=O)N(C)C)CC2)cc1OC. The van der Waals surface area contributed by atoms with Crippen molar-refractivity contribution in [2.45, 2.75) is 6.92 Å². The molecule has 1 saturated heterocycles. The Kier molecular flexibility index (Phi) is 8.14. The van der Waals surface area contributed by atoms with Crippen LogP contribution in [-0.2, 0) is 9.59 Å². The van der Waals surface area contributed by atoms with Crippen molar-refractivity contribution >= 4 is 29.5 Å². The van der Waals surface area contributed by atoms with Gasteiger partial charge in [-0.05, 0) is 30.7 Å². The summed E-state index contributed by atoms with van der Waals surface area (Å²) in [5, 5.41) is 0.437. The highest BCUT2D eigenvalue weighted by Gasteiger charge is 2.21. The van der Waals surface area contributed by atoms with Crippen LogP contribution in [0.4, 0.5) is 0 Å². The van der Waals surface area contributed by atoms with E-state index in [0.717, 1.165) is 5.56 Å². The average Bonchev–Trinajstić information content (AvgIpc) is 2.68. The summed E-state index contributed by atoms with van der Waals surface area (Å²) in [7, 11) is 5.04. The molecule has 0 N–H and O–H groups in total. The maximum atomic E-state index is 12.5. The first-order valence-corrected chi connectivity index (χ1v) is 9.63. The summed E-state index contributed by atoms with van der Waals surface area (Å²) in [5.74, 6) is 1.03. The van der Waals surface area contributed by atoms with Gasteiger partial charge >= 0.3 is 0 Å². The third-order valence-corrected chi connectivity index (χ3v) is 4.78. The number of likely N-dealkylation sites (N-methyl/N-ethyl adjacent to an activating group) is 1. The van der Waals surface area contributed by atoms with Gasteiger partial charge in [0.05, 0.1) is 25.3 Å². The molecule has 0 unspecified atom stereocenters. The minimum absolute atomic E-state index is 0.0671. The molecule has 1 aliphatic heterocycles. The van der Waals surface area contributed by atoms with Crippen LogP contribution in [0.1, 0.15) is 12.5 Å². The lowest BCUT2D eigenvalue weighted by atomic mass is 10.1. The van der Waals surface area contributed by atoms with E-state index in [0.29, 0.717) is 55.9 Å². The summed E-state index contributed by atoms with van der Waals surface area (Å²) in [5.41, 5.74) is 0.758. The van der Waals surface area contributed by atoms with E-state index >= 15 is 0 Å². The number of rotatable bonds is 7. The second-order valence-electron chi connectivity index (χ2n) is 6.69. The molecule has 1 fully saturated rings. The van der Waals surface area contributed by atoms with Crippen LogP contribution < -0.4 is 9.47 Å². The molecule has 2 amide bonds. The monoisotopic (exact) mass is 409 g/mol. The molecule has 1 heterocycles. The quantitative estimate of drug-likeness (QED) is 0.644. The van der Waals surface area contributed by atoms with Gasteiger partial charge in [0, 0.05) is 46.4 Å². The van der Waals surface area contributed by atoms with E-state index in [1.807, 2.05) is 6.92 Å². The van der Waals surface area contributed by atoms with E-state index in [2.05, 4.69) is 4.90 Å². The molecule has 0 atom stereocenters. The molecule has 2 rings (SSSR count). The second-order valence-corrected chi connectivity index (χ2v) is 7.10. The van der Waals surface area contributed by atoms with Crippen molar-refractivity contribution in [1.82, 2.24) is 14.7 Å². The lowest BCUT2D eigenvalue weighted by molar-refractivity contribution is -0.131. The van der Waals surface area contributed by atoms with E-state index in [-0.39, 0.29) is 11.8 Å². The maximum Gasteiger partial charge on any atom is 0.246 e. The summed E-state index contributed by atoms with van der Waals surface area (Å²) in [6.45, 7) is 5.29. The number of halogens is 1. The summed E-state index contributed by atoms with van der Waals surface area (Å²) in [6, 6.07) is 3.52. The number of carbonyl (C=O) groups excluding carboxylic acids is 2. The number of piperazine rings is 1. The highest BCUT2D eigenvalue weighted by molar-refractivity contribution is 6.32. The molecule has 0 spiro atoms. The van der Waals surface area contributed by atoms with E-state index < -0.39 is 0 Å². The van der Waals surface area contributed by atoms with Crippen LogP contribution in [0, 0.1) is 0 Å². The molecule has 0 bridgehead atoms. The molecule has 0 aliphatic carbocycles. The van der Waals surface area contributed by atoms with Crippen molar-refractivity contribution < 1.29 is 19.1 Å².